The predicted octanol–water partition coefficient (Wildman–Crippen LogP) is 1.54. The molecule has 0 aliphatic heterocycles. The van der Waals surface area contributed by atoms with Crippen LogP contribution in [0.25, 0.3) is 0 Å². The van der Waals surface area contributed by atoms with Gasteiger partial charge >= 0.3 is 0 Å². The van der Waals surface area contributed by atoms with Crippen LogP contribution in [0.2, 0.25) is 0 Å². The highest BCUT2D eigenvalue weighted by molar-refractivity contribution is 5.75. The Morgan fingerprint density at radius 1 is 1.62 bits per heavy atom. The van der Waals surface area contributed by atoms with Gasteiger partial charge < -0.3 is 4.90 Å². The maximum Gasteiger partial charge on any atom is 0.214 e. The molecule has 0 saturated heterocycles. The van der Waals surface area contributed by atoms with E-state index >= 15 is 0 Å². The molecule has 0 radical (unpaired) electrons. The maximum absolute atomic E-state index is 10.6. The number of rotatable bonds is 3. The minimum Gasteiger partial charge on any atom is -0.315 e. The molecule has 1 aromatic carbocycles. The molecule has 0 spiro atoms. The number of amides is 1. The largest absolute Gasteiger partial charge is 0.315 e. The number of nitriles is 1. The van der Waals surface area contributed by atoms with Gasteiger partial charge in [0.1, 0.15) is 0 Å². The van der Waals surface area contributed by atoms with E-state index in [1.807, 2.05) is 13.0 Å². The van der Waals surface area contributed by atoms with Gasteiger partial charge in [0.2, 0.25) is 6.41 Å². The summed E-state index contributed by atoms with van der Waals surface area (Å²) in [6.07, 6.45) is 0.760. The van der Waals surface area contributed by atoms with Gasteiger partial charge in [0.25, 0.3) is 0 Å². The van der Waals surface area contributed by atoms with Gasteiger partial charge in [0.15, 0.2) is 0 Å². The first-order valence-corrected chi connectivity index (χ1v) is 4.04. The van der Waals surface area contributed by atoms with Gasteiger partial charge in [-0.3, -0.25) is 4.79 Å². The minimum atomic E-state index is 0.567. The van der Waals surface area contributed by atoms with Crippen LogP contribution >= 0.6 is 0 Å². The SMILES string of the molecule is CCN(C=O)c1cccc(C#N)c1. The molecule has 0 aliphatic rings. The smallest absolute Gasteiger partial charge is 0.214 e. The Labute approximate surface area is 77.2 Å². The van der Waals surface area contributed by atoms with Gasteiger partial charge in [-0.2, -0.15) is 5.26 Å². The molecule has 0 aliphatic carbocycles. The number of nitrogens with zero attached hydrogens (tertiary/aromatic N) is 2. The number of carbonyl (C=O) groups excluding carboxylic acids is 1. The number of benzene rings is 1. The lowest BCUT2D eigenvalue weighted by atomic mass is 10.2. The van der Waals surface area contributed by atoms with E-state index in [2.05, 4.69) is 0 Å². The molecule has 0 N–H and O–H groups in total. The lowest BCUT2D eigenvalue weighted by Gasteiger charge is -2.14. The van der Waals surface area contributed by atoms with Crippen molar-refractivity contribution in [1.82, 2.24) is 0 Å². The third-order valence-electron chi connectivity index (χ3n) is 1.77. The Morgan fingerprint density at radius 2 is 2.38 bits per heavy atom. The summed E-state index contributed by atoms with van der Waals surface area (Å²) >= 11 is 0. The van der Waals surface area contributed by atoms with Crippen molar-refractivity contribution in [2.24, 2.45) is 0 Å². The van der Waals surface area contributed by atoms with Crippen molar-refractivity contribution in [2.75, 3.05) is 11.4 Å². The normalized spacial score (nSPS) is 8.92. The molecular weight excluding hydrogens is 164 g/mol. The molecule has 0 unspecified atom stereocenters. The Kier molecular flexibility index (Phi) is 3.04. The molecule has 13 heavy (non-hydrogen) atoms. The Hall–Kier alpha value is -1.82. The first kappa shape index (κ1) is 9.27. The zero-order valence-corrected chi connectivity index (χ0v) is 7.40. The zero-order valence-electron chi connectivity index (χ0n) is 7.40. The highest BCUT2D eigenvalue weighted by Crippen LogP contribution is 2.13. The van der Waals surface area contributed by atoms with E-state index in [1.54, 1.807) is 29.2 Å². The van der Waals surface area contributed by atoms with Crippen molar-refractivity contribution in [3.05, 3.63) is 29.8 Å². The number of hydrogen-bond acceptors (Lipinski definition) is 2. The molecule has 1 rings (SSSR count). The van der Waals surface area contributed by atoms with Crippen LogP contribution in [0.15, 0.2) is 24.3 Å². The van der Waals surface area contributed by atoms with Crippen LogP contribution in [0.5, 0.6) is 0 Å². The lowest BCUT2D eigenvalue weighted by Crippen LogP contribution is -2.19. The Bertz CT molecular complexity index is 341. The van der Waals surface area contributed by atoms with E-state index in [4.69, 9.17) is 5.26 Å². The average molecular weight is 174 g/mol. The van der Waals surface area contributed by atoms with E-state index in [0.29, 0.717) is 12.1 Å². The second kappa shape index (κ2) is 4.27. The Balaban J connectivity index is 3.01. The molecule has 0 aromatic heterocycles. The van der Waals surface area contributed by atoms with Crippen LogP contribution < -0.4 is 4.90 Å². The summed E-state index contributed by atoms with van der Waals surface area (Å²) in [5.74, 6) is 0. The van der Waals surface area contributed by atoms with E-state index in [9.17, 15) is 4.79 Å². The Morgan fingerprint density at radius 3 is 2.92 bits per heavy atom. The molecule has 0 saturated carbocycles. The van der Waals surface area contributed by atoms with Crippen LogP contribution in [0.1, 0.15) is 12.5 Å². The number of anilines is 1. The van der Waals surface area contributed by atoms with Crippen molar-refractivity contribution in [3.8, 4) is 6.07 Å². The average Bonchev–Trinajstić information content (AvgIpc) is 2.20. The van der Waals surface area contributed by atoms with Gasteiger partial charge in [-0.05, 0) is 25.1 Å². The quantitative estimate of drug-likeness (QED) is 0.652. The van der Waals surface area contributed by atoms with Crippen LogP contribution in [0, 0.1) is 11.3 Å². The number of carbonyl (C=O) groups is 1. The van der Waals surface area contributed by atoms with Gasteiger partial charge in [-0.1, -0.05) is 6.07 Å². The topological polar surface area (TPSA) is 44.1 Å². The molecule has 0 heterocycles. The summed E-state index contributed by atoms with van der Waals surface area (Å²) in [6, 6.07) is 9.00. The van der Waals surface area contributed by atoms with Crippen LogP contribution in [0.3, 0.4) is 0 Å². The van der Waals surface area contributed by atoms with Gasteiger partial charge in [-0.15, -0.1) is 0 Å². The molecule has 66 valence electrons. The first-order valence-electron chi connectivity index (χ1n) is 4.04. The fraction of sp³-hybridized carbons (Fsp3) is 0.200. The third-order valence-corrected chi connectivity index (χ3v) is 1.77. The second-order valence-electron chi connectivity index (χ2n) is 2.55. The molecule has 3 nitrogen and oxygen atoms in total. The van der Waals surface area contributed by atoms with E-state index < -0.39 is 0 Å². The summed E-state index contributed by atoms with van der Waals surface area (Å²) < 4.78 is 0. The molecule has 3 heteroatoms. The monoisotopic (exact) mass is 174 g/mol. The molecule has 0 bridgehead atoms. The zero-order chi connectivity index (χ0) is 9.68. The highest BCUT2D eigenvalue weighted by atomic mass is 16.1. The predicted molar refractivity (Wildman–Crippen MR) is 50.2 cm³/mol. The summed E-state index contributed by atoms with van der Waals surface area (Å²) in [4.78, 5) is 12.1. The summed E-state index contributed by atoms with van der Waals surface area (Å²) in [5.41, 5.74) is 1.33. The van der Waals surface area contributed by atoms with E-state index in [0.717, 1.165) is 12.1 Å². The molecule has 1 amide bonds. The van der Waals surface area contributed by atoms with Crippen molar-refractivity contribution in [3.63, 3.8) is 0 Å². The maximum atomic E-state index is 10.6. The van der Waals surface area contributed by atoms with Gasteiger partial charge in [0, 0.05) is 12.2 Å². The van der Waals surface area contributed by atoms with Crippen LogP contribution in [-0.4, -0.2) is 13.0 Å². The second-order valence-corrected chi connectivity index (χ2v) is 2.55. The summed E-state index contributed by atoms with van der Waals surface area (Å²) in [6.45, 7) is 2.49. The van der Waals surface area contributed by atoms with Crippen molar-refractivity contribution in [1.29, 1.82) is 5.26 Å². The van der Waals surface area contributed by atoms with Gasteiger partial charge in [0.05, 0.1) is 11.6 Å². The van der Waals surface area contributed by atoms with E-state index in [1.165, 1.54) is 0 Å². The molecule has 0 fully saturated rings. The summed E-state index contributed by atoms with van der Waals surface area (Å²) in [7, 11) is 0. The molecule has 1 aromatic rings. The standard InChI is InChI=1S/C10H10N2O/c1-2-12(8-13)10-5-3-4-9(6-10)7-11/h3-6,8H,2H2,1H3. The molecule has 0 atom stereocenters. The minimum absolute atomic E-state index is 0.567. The van der Waals surface area contributed by atoms with Crippen molar-refractivity contribution in [2.45, 2.75) is 6.92 Å². The van der Waals surface area contributed by atoms with Gasteiger partial charge in [-0.25, -0.2) is 0 Å². The van der Waals surface area contributed by atoms with Crippen molar-refractivity contribution < 1.29 is 4.79 Å². The fourth-order valence-electron chi connectivity index (χ4n) is 1.07. The first-order chi connectivity index (χ1) is 6.31. The lowest BCUT2D eigenvalue weighted by molar-refractivity contribution is -0.107. The molecular formula is C10H10N2O. The van der Waals surface area contributed by atoms with Crippen LogP contribution in [0.4, 0.5) is 5.69 Å². The summed E-state index contributed by atoms with van der Waals surface area (Å²) in [5, 5.41) is 8.63. The number of hydrogen-bond donors (Lipinski definition) is 0. The van der Waals surface area contributed by atoms with E-state index in [-0.39, 0.29) is 0 Å². The highest BCUT2D eigenvalue weighted by Gasteiger charge is 2.01. The third kappa shape index (κ3) is 2.06. The fourth-order valence-corrected chi connectivity index (χ4v) is 1.07. The van der Waals surface area contributed by atoms with Crippen molar-refractivity contribution >= 4 is 12.1 Å². The van der Waals surface area contributed by atoms with Crippen LogP contribution in [-0.2, 0) is 4.79 Å².